The van der Waals surface area contributed by atoms with Gasteiger partial charge in [-0.1, -0.05) is 256 Å². The zero-order valence-electron chi connectivity index (χ0n) is 43.3. The number of rotatable bonds is 51. The van der Waals surface area contributed by atoms with Gasteiger partial charge in [-0.2, -0.15) is 0 Å². The van der Waals surface area contributed by atoms with Crippen LogP contribution in [-0.2, 0) is 28.6 Å². The van der Waals surface area contributed by atoms with Crippen molar-refractivity contribution in [3.8, 4) is 0 Å². The third kappa shape index (κ3) is 52.2. The molecule has 0 saturated heterocycles. The minimum absolute atomic E-state index is 0.0825. The zero-order valence-corrected chi connectivity index (χ0v) is 43.3. The molecule has 0 radical (unpaired) electrons. The van der Waals surface area contributed by atoms with Crippen molar-refractivity contribution in [1.29, 1.82) is 0 Å². The van der Waals surface area contributed by atoms with Gasteiger partial charge in [0.1, 0.15) is 13.2 Å². The number of hydrogen-bond donors (Lipinski definition) is 0. The van der Waals surface area contributed by atoms with Gasteiger partial charge in [-0.15, -0.1) is 0 Å². The Bertz CT molecular complexity index is 1140. The predicted molar refractivity (Wildman–Crippen MR) is 279 cm³/mol. The molecule has 0 rings (SSSR count). The van der Waals surface area contributed by atoms with Crippen molar-refractivity contribution in [2.75, 3.05) is 13.2 Å². The van der Waals surface area contributed by atoms with Gasteiger partial charge in [0.15, 0.2) is 6.10 Å². The molecule has 0 amide bonds. The van der Waals surface area contributed by atoms with Crippen LogP contribution in [0.2, 0.25) is 0 Å². The Balaban J connectivity index is 4.33. The third-order valence-corrected chi connectivity index (χ3v) is 12.4. The number of carbonyl (C=O) groups excluding carboxylic acids is 3. The van der Waals surface area contributed by atoms with Gasteiger partial charge in [0.25, 0.3) is 0 Å². The second-order valence-corrected chi connectivity index (χ2v) is 18.9. The van der Waals surface area contributed by atoms with Crippen molar-refractivity contribution >= 4 is 17.9 Å². The van der Waals surface area contributed by atoms with Gasteiger partial charge in [-0.25, -0.2) is 0 Å². The molecule has 0 fully saturated rings. The molecular formula is C59H106O6. The number of esters is 3. The predicted octanol–water partition coefficient (Wildman–Crippen LogP) is 18.7. The average Bonchev–Trinajstić information content (AvgIpc) is 3.30. The monoisotopic (exact) mass is 911 g/mol. The summed E-state index contributed by atoms with van der Waals surface area (Å²) >= 11 is 0. The third-order valence-electron chi connectivity index (χ3n) is 12.4. The lowest BCUT2D eigenvalue weighted by Gasteiger charge is -2.18. The molecule has 378 valence electrons. The lowest BCUT2D eigenvalue weighted by atomic mass is 10.0. The van der Waals surface area contributed by atoms with E-state index < -0.39 is 6.10 Å². The summed E-state index contributed by atoms with van der Waals surface area (Å²) in [6.07, 6.45) is 65.3. The van der Waals surface area contributed by atoms with Gasteiger partial charge in [0.05, 0.1) is 0 Å². The van der Waals surface area contributed by atoms with Crippen LogP contribution in [0.4, 0.5) is 0 Å². The molecule has 0 aliphatic rings. The van der Waals surface area contributed by atoms with E-state index in [1.807, 2.05) is 0 Å². The minimum atomic E-state index is -0.785. The standard InChI is InChI=1S/C59H106O6/c1-4-7-10-13-16-19-22-24-26-28-30-32-33-35-37-40-43-46-49-52-58(61)64-55-56(54-63-57(60)51-48-45-42-39-21-18-15-12-9-6-3)65-59(62)53-50-47-44-41-38-36-34-31-29-27-25-23-20-17-14-11-8-5-2/h15,18,23,25,27,29,31,34,56H,4-14,16-17,19-22,24,26,28,30,32-33,35-55H2,1-3H3/b18-15-,25-23-,29-27-,34-31-. The molecule has 1 unspecified atom stereocenters. The fourth-order valence-electron chi connectivity index (χ4n) is 8.07. The molecule has 0 aromatic carbocycles. The quantitative estimate of drug-likeness (QED) is 0.0199. The fraction of sp³-hybridized carbons (Fsp3) is 0.814. The van der Waals surface area contributed by atoms with Gasteiger partial charge in [0, 0.05) is 19.3 Å². The normalized spacial score (nSPS) is 12.4. The molecule has 0 N–H and O–H groups in total. The molecule has 0 spiro atoms. The van der Waals surface area contributed by atoms with Crippen molar-refractivity contribution in [2.24, 2.45) is 0 Å². The largest absolute Gasteiger partial charge is 0.462 e. The molecule has 0 aliphatic heterocycles. The number of carbonyl (C=O) groups is 3. The second-order valence-electron chi connectivity index (χ2n) is 18.9. The van der Waals surface area contributed by atoms with Crippen molar-refractivity contribution < 1.29 is 28.6 Å². The average molecular weight is 911 g/mol. The summed E-state index contributed by atoms with van der Waals surface area (Å²) in [5.41, 5.74) is 0. The van der Waals surface area contributed by atoms with Crippen LogP contribution in [-0.4, -0.2) is 37.2 Å². The summed E-state index contributed by atoms with van der Waals surface area (Å²) in [5.74, 6) is -0.905. The fourth-order valence-corrected chi connectivity index (χ4v) is 8.07. The van der Waals surface area contributed by atoms with Gasteiger partial charge in [-0.3, -0.25) is 14.4 Å². The highest BCUT2D eigenvalue weighted by molar-refractivity contribution is 5.71. The molecule has 65 heavy (non-hydrogen) atoms. The van der Waals surface area contributed by atoms with Gasteiger partial charge < -0.3 is 14.2 Å². The van der Waals surface area contributed by atoms with E-state index in [0.29, 0.717) is 19.3 Å². The van der Waals surface area contributed by atoms with Gasteiger partial charge >= 0.3 is 17.9 Å². The van der Waals surface area contributed by atoms with Crippen LogP contribution in [0.1, 0.15) is 290 Å². The van der Waals surface area contributed by atoms with E-state index in [1.54, 1.807) is 0 Å². The smallest absolute Gasteiger partial charge is 0.306 e. The van der Waals surface area contributed by atoms with Crippen LogP contribution in [0.3, 0.4) is 0 Å². The summed E-state index contributed by atoms with van der Waals surface area (Å²) < 4.78 is 16.8. The van der Waals surface area contributed by atoms with E-state index in [-0.39, 0.29) is 31.1 Å². The summed E-state index contributed by atoms with van der Waals surface area (Å²) in [7, 11) is 0. The van der Waals surface area contributed by atoms with Crippen LogP contribution in [0.5, 0.6) is 0 Å². The molecule has 0 aromatic rings. The summed E-state index contributed by atoms with van der Waals surface area (Å²) in [6, 6.07) is 0. The second kappa shape index (κ2) is 54.0. The first-order valence-corrected chi connectivity index (χ1v) is 28.2. The number of hydrogen-bond acceptors (Lipinski definition) is 6. The van der Waals surface area contributed by atoms with Crippen molar-refractivity contribution in [2.45, 2.75) is 297 Å². The van der Waals surface area contributed by atoms with E-state index in [9.17, 15) is 14.4 Å². The first-order valence-electron chi connectivity index (χ1n) is 28.2. The van der Waals surface area contributed by atoms with Crippen molar-refractivity contribution in [3.63, 3.8) is 0 Å². The summed E-state index contributed by atoms with van der Waals surface area (Å²) in [6.45, 7) is 6.58. The zero-order chi connectivity index (χ0) is 47.2. The Morgan fingerprint density at radius 1 is 0.308 bits per heavy atom. The van der Waals surface area contributed by atoms with E-state index in [4.69, 9.17) is 14.2 Å². The van der Waals surface area contributed by atoms with E-state index in [1.165, 1.54) is 154 Å². The van der Waals surface area contributed by atoms with Crippen LogP contribution < -0.4 is 0 Å². The minimum Gasteiger partial charge on any atom is -0.462 e. The molecule has 0 heterocycles. The maximum Gasteiger partial charge on any atom is 0.306 e. The molecule has 1 atom stereocenters. The van der Waals surface area contributed by atoms with Crippen LogP contribution in [0.15, 0.2) is 48.6 Å². The van der Waals surface area contributed by atoms with Gasteiger partial charge in [-0.05, 0) is 64.2 Å². The topological polar surface area (TPSA) is 78.9 Å². The Hall–Kier alpha value is -2.63. The lowest BCUT2D eigenvalue weighted by Crippen LogP contribution is -2.30. The molecule has 0 saturated carbocycles. The molecule has 0 bridgehead atoms. The Kier molecular flexibility index (Phi) is 51.8. The number of allylic oxidation sites excluding steroid dienone is 8. The Morgan fingerprint density at radius 2 is 0.585 bits per heavy atom. The number of unbranched alkanes of at least 4 members (excludes halogenated alkanes) is 34. The number of ether oxygens (including phenoxy) is 3. The van der Waals surface area contributed by atoms with Crippen LogP contribution in [0.25, 0.3) is 0 Å². The Labute approximate surface area is 403 Å². The maximum atomic E-state index is 12.8. The van der Waals surface area contributed by atoms with Crippen molar-refractivity contribution in [3.05, 3.63) is 48.6 Å². The maximum absolute atomic E-state index is 12.8. The van der Waals surface area contributed by atoms with E-state index in [0.717, 1.165) is 96.3 Å². The summed E-state index contributed by atoms with van der Waals surface area (Å²) in [4.78, 5) is 38.0. The molecule has 0 aromatic heterocycles. The Morgan fingerprint density at radius 3 is 0.938 bits per heavy atom. The SMILES string of the molecule is CCCC/C=C\CCCCCCC(=O)OCC(COC(=O)CCCCCCCCCCCCCCCCCCCCC)OC(=O)CCCCCCC\C=C/C=C\C=C/CCCCCCC. The highest BCUT2D eigenvalue weighted by atomic mass is 16.6. The first-order chi connectivity index (χ1) is 32.0. The summed E-state index contributed by atoms with van der Waals surface area (Å²) in [5, 5.41) is 0. The lowest BCUT2D eigenvalue weighted by molar-refractivity contribution is -0.167. The highest BCUT2D eigenvalue weighted by Crippen LogP contribution is 2.16. The highest BCUT2D eigenvalue weighted by Gasteiger charge is 2.19. The van der Waals surface area contributed by atoms with Gasteiger partial charge in [0.2, 0.25) is 0 Å². The molecule has 0 aliphatic carbocycles. The molecule has 6 heteroatoms. The molecule has 6 nitrogen and oxygen atoms in total. The van der Waals surface area contributed by atoms with Crippen LogP contribution in [0, 0.1) is 0 Å². The van der Waals surface area contributed by atoms with Crippen molar-refractivity contribution in [1.82, 2.24) is 0 Å². The first kappa shape index (κ1) is 62.4. The van der Waals surface area contributed by atoms with E-state index >= 15 is 0 Å². The molecular weight excluding hydrogens is 805 g/mol. The van der Waals surface area contributed by atoms with E-state index in [2.05, 4.69) is 69.4 Å². The van der Waals surface area contributed by atoms with Crippen LogP contribution >= 0.6 is 0 Å².